The van der Waals surface area contributed by atoms with Crippen molar-refractivity contribution in [2.75, 3.05) is 7.11 Å². The summed E-state index contributed by atoms with van der Waals surface area (Å²) in [5.74, 6) is 1.42. The molecule has 0 radical (unpaired) electrons. The Bertz CT molecular complexity index is 327. The first-order chi connectivity index (χ1) is 6.22. The minimum atomic E-state index is 0.352. The van der Waals surface area contributed by atoms with Crippen LogP contribution in [0.3, 0.4) is 0 Å². The van der Waals surface area contributed by atoms with Gasteiger partial charge in [-0.15, -0.1) is 0 Å². The van der Waals surface area contributed by atoms with Gasteiger partial charge < -0.3 is 10.5 Å². The van der Waals surface area contributed by atoms with E-state index >= 15 is 0 Å². The van der Waals surface area contributed by atoms with Crippen LogP contribution in [0, 0.1) is 0 Å². The van der Waals surface area contributed by atoms with Gasteiger partial charge in [0.15, 0.2) is 0 Å². The first-order valence-electron chi connectivity index (χ1n) is 4.31. The van der Waals surface area contributed by atoms with Crippen LogP contribution in [0.2, 0.25) is 0 Å². The summed E-state index contributed by atoms with van der Waals surface area (Å²) in [6, 6.07) is 6.40. The third kappa shape index (κ3) is 1.71. The van der Waals surface area contributed by atoms with Gasteiger partial charge in [-0.1, -0.05) is 22.0 Å². The summed E-state index contributed by atoms with van der Waals surface area (Å²) < 4.78 is 6.22. The summed E-state index contributed by atoms with van der Waals surface area (Å²) >= 11 is 3.52. The highest BCUT2D eigenvalue weighted by atomic mass is 79.9. The topological polar surface area (TPSA) is 35.2 Å². The second-order valence-corrected chi connectivity index (χ2v) is 4.25. The summed E-state index contributed by atoms with van der Waals surface area (Å²) in [5, 5.41) is 0. The lowest BCUT2D eigenvalue weighted by atomic mass is 10.1. The van der Waals surface area contributed by atoms with Crippen LogP contribution >= 0.6 is 15.9 Å². The fraction of sp³-hybridized carbons (Fsp3) is 0.400. The minimum absolute atomic E-state index is 0.352. The molecule has 2 nitrogen and oxygen atoms in total. The molecular weight excluding hydrogens is 230 g/mol. The van der Waals surface area contributed by atoms with E-state index in [0.717, 1.165) is 16.6 Å². The molecule has 1 fully saturated rings. The zero-order valence-corrected chi connectivity index (χ0v) is 9.04. The highest BCUT2D eigenvalue weighted by molar-refractivity contribution is 9.10. The van der Waals surface area contributed by atoms with Gasteiger partial charge >= 0.3 is 0 Å². The van der Waals surface area contributed by atoms with E-state index in [0.29, 0.717) is 12.0 Å². The van der Waals surface area contributed by atoms with E-state index in [-0.39, 0.29) is 0 Å². The molecule has 0 saturated heterocycles. The molecule has 1 aliphatic carbocycles. The number of methoxy groups -OCH3 is 1. The zero-order valence-electron chi connectivity index (χ0n) is 7.46. The van der Waals surface area contributed by atoms with Crippen LogP contribution in [0.25, 0.3) is 0 Å². The van der Waals surface area contributed by atoms with Gasteiger partial charge in [-0.05, 0) is 24.1 Å². The summed E-state index contributed by atoms with van der Waals surface area (Å²) in [5.41, 5.74) is 7.09. The summed E-state index contributed by atoms with van der Waals surface area (Å²) in [4.78, 5) is 0. The van der Waals surface area contributed by atoms with E-state index in [9.17, 15) is 0 Å². The number of rotatable bonds is 2. The quantitative estimate of drug-likeness (QED) is 0.863. The number of ether oxygens (including phenoxy) is 1. The number of benzene rings is 1. The van der Waals surface area contributed by atoms with Crippen LogP contribution in [-0.4, -0.2) is 13.2 Å². The maximum atomic E-state index is 5.79. The van der Waals surface area contributed by atoms with Gasteiger partial charge in [0.25, 0.3) is 0 Å². The zero-order chi connectivity index (χ0) is 9.42. The van der Waals surface area contributed by atoms with E-state index in [1.807, 2.05) is 12.1 Å². The molecule has 2 atom stereocenters. The molecule has 2 N–H and O–H groups in total. The summed E-state index contributed by atoms with van der Waals surface area (Å²) in [7, 11) is 1.67. The Labute approximate surface area is 86.2 Å². The molecule has 1 aliphatic rings. The summed E-state index contributed by atoms with van der Waals surface area (Å²) in [6.07, 6.45) is 1.10. The van der Waals surface area contributed by atoms with Crippen LogP contribution in [0.4, 0.5) is 0 Å². The third-order valence-corrected chi connectivity index (χ3v) is 3.13. The molecule has 13 heavy (non-hydrogen) atoms. The molecule has 1 saturated carbocycles. The Morgan fingerprint density at radius 1 is 1.54 bits per heavy atom. The fourth-order valence-electron chi connectivity index (χ4n) is 1.51. The highest BCUT2D eigenvalue weighted by Gasteiger charge is 2.35. The minimum Gasteiger partial charge on any atom is -0.497 e. The lowest BCUT2D eigenvalue weighted by Crippen LogP contribution is -2.01. The average Bonchev–Trinajstić information content (AvgIpc) is 2.82. The van der Waals surface area contributed by atoms with Gasteiger partial charge in [-0.3, -0.25) is 0 Å². The smallest absolute Gasteiger partial charge is 0.120 e. The SMILES string of the molecule is COc1ccc([C@@H]2C[C@H]2N)c(Br)c1. The summed E-state index contributed by atoms with van der Waals surface area (Å²) in [6.45, 7) is 0. The van der Waals surface area contributed by atoms with E-state index in [1.54, 1.807) is 7.11 Å². The second kappa shape index (κ2) is 3.31. The van der Waals surface area contributed by atoms with Crippen molar-refractivity contribution in [3.05, 3.63) is 28.2 Å². The first-order valence-corrected chi connectivity index (χ1v) is 5.10. The van der Waals surface area contributed by atoms with Crippen molar-refractivity contribution < 1.29 is 4.74 Å². The van der Waals surface area contributed by atoms with Crippen molar-refractivity contribution in [3.63, 3.8) is 0 Å². The van der Waals surface area contributed by atoms with Gasteiger partial charge in [-0.2, -0.15) is 0 Å². The monoisotopic (exact) mass is 241 g/mol. The molecule has 0 spiro atoms. The lowest BCUT2D eigenvalue weighted by molar-refractivity contribution is 0.414. The standard InChI is InChI=1S/C10H12BrNO/c1-13-6-2-3-7(9(11)4-6)8-5-10(8)12/h2-4,8,10H,5,12H2,1H3/t8-,10+/m0/s1. The van der Waals surface area contributed by atoms with Gasteiger partial charge in [-0.25, -0.2) is 0 Å². The number of hydrogen-bond donors (Lipinski definition) is 1. The predicted octanol–water partition coefficient (Wildman–Crippen LogP) is 2.27. The van der Waals surface area contributed by atoms with Crippen molar-refractivity contribution in [3.8, 4) is 5.75 Å². The van der Waals surface area contributed by atoms with Crippen LogP contribution in [0.1, 0.15) is 17.9 Å². The molecule has 0 aromatic heterocycles. The predicted molar refractivity (Wildman–Crippen MR) is 56.0 cm³/mol. The Hall–Kier alpha value is -0.540. The van der Waals surface area contributed by atoms with E-state index in [4.69, 9.17) is 10.5 Å². The Balaban J connectivity index is 2.27. The number of nitrogens with two attached hydrogens (primary N) is 1. The molecule has 3 heteroatoms. The maximum absolute atomic E-state index is 5.79. The van der Waals surface area contributed by atoms with E-state index in [2.05, 4.69) is 22.0 Å². The van der Waals surface area contributed by atoms with Gasteiger partial charge in [0.2, 0.25) is 0 Å². The Morgan fingerprint density at radius 3 is 2.69 bits per heavy atom. The maximum Gasteiger partial charge on any atom is 0.120 e. The number of halogens is 1. The molecule has 2 rings (SSSR count). The first kappa shape index (κ1) is 9.03. The molecule has 1 aromatic carbocycles. The third-order valence-electron chi connectivity index (χ3n) is 2.45. The van der Waals surface area contributed by atoms with E-state index < -0.39 is 0 Å². The Morgan fingerprint density at radius 2 is 2.23 bits per heavy atom. The van der Waals surface area contributed by atoms with Gasteiger partial charge in [0, 0.05) is 16.4 Å². The van der Waals surface area contributed by atoms with Gasteiger partial charge in [0.05, 0.1) is 7.11 Å². The molecular formula is C10H12BrNO. The molecule has 0 unspecified atom stereocenters. The highest BCUT2D eigenvalue weighted by Crippen LogP contribution is 2.43. The van der Waals surface area contributed by atoms with Crippen LogP contribution < -0.4 is 10.5 Å². The molecule has 0 heterocycles. The van der Waals surface area contributed by atoms with Crippen molar-refractivity contribution in [2.45, 2.75) is 18.4 Å². The van der Waals surface area contributed by atoms with Crippen LogP contribution in [0.15, 0.2) is 22.7 Å². The van der Waals surface area contributed by atoms with Gasteiger partial charge in [0.1, 0.15) is 5.75 Å². The average molecular weight is 242 g/mol. The molecule has 1 aromatic rings. The lowest BCUT2D eigenvalue weighted by Gasteiger charge is -2.05. The molecule has 0 bridgehead atoms. The number of hydrogen-bond acceptors (Lipinski definition) is 2. The van der Waals surface area contributed by atoms with Crippen molar-refractivity contribution in [2.24, 2.45) is 5.73 Å². The largest absolute Gasteiger partial charge is 0.497 e. The fourth-order valence-corrected chi connectivity index (χ4v) is 2.16. The van der Waals surface area contributed by atoms with Crippen molar-refractivity contribution >= 4 is 15.9 Å². The van der Waals surface area contributed by atoms with Crippen LogP contribution in [-0.2, 0) is 0 Å². The normalized spacial score (nSPS) is 25.8. The molecule has 0 amide bonds. The Kier molecular flexibility index (Phi) is 2.30. The molecule has 0 aliphatic heterocycles. The van der Waals surface area contributed by atoms with Crippen LogP contribution in [0.5, 0.6) is 5.75 Å². The van der Waals surface area contributed by atoms with E-state index in [1.165, 1.54) is 5.56 Å². The van der Waals surface area contributed by atoms with Crippen molar-refractivity contribution in [1.29, 1.82) is 0 Å². The second-order valence-electron chi connectivity index (χ2n) is 3.39. The van der Waals surface area contributed by atoms with Crippen molar-refractivity contribution in [1.82, 2.24) is 0 Å². The molecule has 70 valence electrons.